The van der Waals surface area contributed by atoms with Crippen molar-refractivity contribution in [1.82, 2.24) is 10.9 Å². The summed E-state index contributed by atoms with van der Waals surface area (Å²) in [5, 5.41) is 9.64. The molecule has 0 saturated heterocycles. The maximum absolute atomic E-state index is 12.0. The molecule has 2 rings (SSSR count). The number of phenolic OH excluding ortho intramolecular Hbond substituents is 1. The zero-order valence-corrected chi connectivity index (χ0v) is 12.2. The van der Waals surface area contributed by atoms with Crippen molar-refractivity contribution >= 4 is 5.91 Å². The summed E-state index contributed by atoms with van der Waals surface area (Å²) >= 11 is 0. The van der Waals surface area contributed by atoms with Gasteiger partial charge in [0, 0.05) is 5.70 Å². The number of hydrogen-bond acceptors (Lipinski definition) is 3. The molecule has 20 heavy (non-hydrogen) atoms. The van der Waals surface area contributed by atoms with E-state index in [4.69, 9.17) is 0 Å². The van der Waals surface area contributed by atoms with E-state index in [1.54, 1.807) is 18.2 Å². The Labute approximate surface area is 119 Å². The Bertz CT molecular complexity index is 535. The van der Waals surface area contributed by atoms with E-state index in [1.165, 1.54) is 6.07 Å². The molecular weight excluding hydrogens is 252 g/mol. The highest BCUT2D eigenvalue weighted by atomic mass is 16.3. The average molecular weight is 274 g/mol. The number of amides is 1. The number of hydrogen-bond donors (Lipinski definition) is 3. The monoisotopic (exact) mass is 274 g/mol. The van der Waals surface area contributed by atoms with Crippen molar-refractivity contribution in [3.05, 3.63) is 41.6 Å². The lowest BCUT2D eigenvalue weighted by Crippen LogP contribution is -2.39. The first kappa shape index (κ1) is 14.4. The van der Waals surface area contributed by atoms with Crippen LogP contribution < -0.4 is 10.9 Å². The van der Waals surface area contributed by atoms with Crippen molar-refractivity contribution in [3.63, 3.8) is 0 Å². The van der Waals surface area contributed by atoms with Gasteiger partial charge >= 0.3 is 0 Å². The molecule has 1 aromatic carbocycles. The maximum Gasteiger partial charge on any atom is 0.273 e. The van der Waals surface area contributed by atoms with Crippen LogP contribution in [0.2, 0.25) is 0 Å². The molecule has 1 atom stereocenters. The molecule has 0 fully saturated rings. The highest BCUT2D eigenvalue weighted by Gasteiger charge is 2.25. The summed E-state index contributed by atoms with van der Waals surface area (Å²) in [5.74, 6) is 0.234. The lowest BCUT2D eigenvalue weighted by atomic mass is 9.76. The van der Waals surface area contributed by atoms with Crippen molar-refractivity contribution in [1.29, 1.82) is 0 Å². The van der Waals surface area contributed by atoms with Crippen LogP contribution in [0.25, 0.3) is 0 Å². The van der Waals surface area contributed by atoms with Gasteiger partial charge in [-0.3, -0.25) is 10.2 Å². The first-order valence-electron chi connectivity index (χ1n) is 6.93. The number of allylic oxidation sites excluding steroid dienone is 2. The first-order valence-corrected chi connectivity index (χ1v) is 6.93. The largest absolute Gasteiger partial charge is 0.507 e. The molecule has 4 heteroatoms. The Morgan fingerprint density at radius 2 is 2.05 bits per heavy atom. The van der Waals surface area contributed by atoms with Crippen LogP contribution >= 0.6 is 0 Å². The summed E-state index contributed by atoms with van der Waals surface area (Å²) < 4.78 is 0. The Morgan fingerprint density at radius 3 is 2.70 bits per heavy atom. The Balaban J connectivity index is 2.01. The molecule has 0 saturated carbocycles. The number of phenols is 1. The van der Waals surface area contributed by atoms with Crippen LogP contribution in [0.3, 0.4) is 0 Å². The fourth-order valence-electron chi connectivity index (χ4n) is 2.89. The Morgan fingerprint density at radius 1 is 1.35 bits per heavy atom. The van der Waals surface area contributed by atoms with Crippen molar-refractivity contribution < 1.29 is 9.90 Å². The topological polar surface area (TPSA) is 61.4 Å². The average Bonchev–Trinajstić information content (AvgIpc) is 2.34. The van der Waals surface area contributed by atoms with Crippen molar-refractivity contribution in [2.75, 3.05) is 0 Å². The first-order chi connectivity index (χ1) is 9.37. The number of para-hydroxylation sites is 1. The van der Waals surface area contributed by atoms with Crippen molar-refractivity contribution in [2.24, 2.45) is 11.3 Å². The third kappa shape index (κ3) is 3.53. The van der Waals surface area contributed by atoms with Gasteiger partial charge in [0.2, 0.25) is 0 Å². The minimum absolute atomic E-state index is 0.0156. The Kier molecular flexibility index (Phi) is 4.02. The highest BCUT2D eigenvalue weighted by molar-refractivity contribution is 5.96. The molecule has 1 aliphatic carbocycles. The number of benzene rings is 1. The molecule has 1 aliphatic rings. The molecule has 3 N–H and O–H groups in total. The van der Waals surface area contributed by atoms with Gasteiger partial charge in [-0.2, -0.15) is 0 Å². The second-order valence-corrected chi connectivity index (χ2v) is 6.27. The summed E-state index contributed by atoms with van der Waals surface area (Å²) in [4.78, 5) is 12.0. The van der Waals surface area contributed by atoms with E-state index in [0.29, 0.717) is 5.92 Å². The summed E-state index contributed by atoms with van der Waals surface area (Å²) in [6.07, 6.45) is 4.23. The van der Waals surface area contributed by atoms with E-state index >= 15 is 0 Å². The van der Waals surface area contributed by atoms with E-state index in [2.05, 4.69) is 37.7 Å². The van der Waals surface area contributed by atoms with Gasteiger partial charge in [-0.25, -0.2) is 0 Å². The second-order valence-electron chi connectivity index (χ2n) is 6.27. The van der Waals surface area contributed by atoms with Gasteiger partial charge in [-0.1, -0.05) is 39.0 Å². The van der Waals surface area contributed by atoms with Gasteiger partial charge in [-0.15, -0.1) is 0 Å². The quantitative estimate of drug-likeness (QED) is 0.743. The molecule has 0 heterocycles. The zero-order chi connectivity index (χ0) is 14.8. The lowest BCUT2D eigenvalue weighted by Gasteiger charge is -2.32. The van der Waals surface area contributed by atoms with Crippen LogP contribution in [0.4, 0.5) is 0 Å². The summed E-state index contributed by atoms with van der Waals surface area (Å²) in [6, 6.07) is 6.50. The van der Waals surface area contributed by atoms with Gasteiger partial charge < -0.3 is 10.5 Å². The van der Waals surface area contributed by atoms with Gasteiger partial charge in [0.1, 0.15) is 5.75 Å². The molecule has 4 nitrogen and oxygen atoms in total. The zero-order valence-electron chi connectivity index (χ0n) is 12.2. The number of hydrazine groups is 1. The molecule has 1 amide bonds. The van der Waals surface area contributed by atoms with E-state index in [9.17, 15) is 9.90 Å². The predicted molar refractivity (Wildman–Crippen MR) is 79.0 cm³/mol. The number of carbonyl (C=O) groups is 1. The minimum Gasteiger partial charge on any atom is -0.507 e. The Hall–Kier alpha value is -1.97. The molecule has 0 aromatic heterocycles. The van der Waals surface area contributed by atoms with E-state index < -0.39 is 0 Å². The van der Waals surface area contributed by atoms with Crippen LogP contribution in [-0.2, 0) is 0 Å². The number of carbonyl (C=O) groups excluding carboxylic acids is 1. The predicted octanol–water partition coefficient (Wildman–Crippen LogP) is 2.97. The van der Waals surface area contributed by atoms with Crippen LogP contribution in [0.15, 0.2) is 36.0 Å². The van der Waals surface area contributed by atoms with Crippen LogP contribution in [-0.4, -0.2) is 11.0 Å². The number of nitrogens with one attached hydrogen (secondary N) is 2. The van der Waals surface area contributed by atoms with Crippen LogP contribution in [0.1, 0.15) is 44.0 Å². The molecule has 1 unspecified atom stereocenters. The molecule has 0 spiro atoms. The van der Waals surface area contributed by atoms with Crippen LogP contribution in [0.5, 0.6) is 5.75 Å². The van der Waals surface area contributed by atoms with Gasteiger partial charge in [-0.05, 0) is 36.3 Å². The molecule has 0 radical (unpaired) electrons. The highest BCUT2D eigenvalue weighted by Crippen LogP contribution is 2.35. The standard InChI is InChI=1S/C16H22N2O2/c1-11-8-12(10-16(2,3)9-11)17-18-15(20)13-6-4-5-7-14(13)19/h4-7,10-11,17,19H,8-9H2,1-3H3,(H,18,20). The minimum atomic E-state index is -0.333. The van der Waals surface area contributed by atoms with Gasteiger partial charge in [0.05, 0.1) is 5.56 Å². The summed E-state index contributed by atoms with van der Waals surface area (Å²) in [6.45, 7) is 6.59. The van der Waals surface area contributed by atoms with Crippen LogP contribution in [0, 0.1) is 11.3 Å². The van der Waals surface area contributed by atoms with Crippen molar-refractivity contribution in [2.45, 2.75) is 33.6 Å². The SMILES string of the molecule is CC1CC(NNC(=O)c2ccccc2O)=CC(C)(C)C1. The van der Waals surface area contributed by atoms with Crippen molar-refractivity contribution in [3.8, 4) is 5.75 Å². The molecular formula is C16H22N2O2. The fourth-order valence-corrected chi connectivity index (χ4v) is 2.89. The molecule has 0 bridgehead atoms. The van der Waals surface area contributed by atoms with Gasteiger partial charge in [0.25, 0.3) is 5.91 Å². The normalized spacial score (nSPS) is 20.9. The fraction of sp³-hybridized carbons (Fsp3) is 0.438. The number of aromatic hydroxyl groups is 1. The van der Waals surface area contributed by atoms with E-state index in [1.807, 2.05) is 0 Å². The lowest BCUT2D eigenvalue weighted by molar-refractivity contribution is 0.0933. The molecule has 0 aliphatic heterocycles. The summed E-state index contributed by atoms with van der Waals surface area (Å²) in [5.41, 5.74) is 7.07. The third-order valence-corrected chi connectivity index (χ3v) is 3.49. The summed E-state index contributed by atoms with van der Waals surface area (Å²) in [7, 11) is 0. The third-order valence-electron chi connectivity index (χ3n) is 3.49. The maximum atomic E-state index is 12.0. The number of rotatable bonds is 3. The van der Waals surface area contributed by atoms with E-state index in [0.717, 1.165) is 18.5 Å². The van der Waals surface area contributed by atoms with E-state index in [-0.39, 0.29) is 22.6 Å². The molecule has 108 valence electrons. The molecule has 1 aromatic rings. The smallest absolute Gasteiger partial charge is 0.273 e. The van der Waals surface area contributed by atoms with Gasteiger partial charge in [0.15, 0.2) is 0 Å². The second kappa shape index (κ2) is 5.57.